The summed E-state index contributed by atoms with van der Waals surface area (Å²) in [4.78, 5) is 40.5. The summed E-state index contributed by atoms with van der Waals surface area (Å²) in [5.41, 5.74) is 1.68. The average molecular weight is 531 g/mol. The van der Waals surface area contributed by atoms with E-state index in [1.165, 1.54) is 4.90 Å². The Balaban J connectivity index is 1.61. The third-order valence-corrected chi connectivity index (χ3v) is 6.75. The second-order valence-electron chi connectivity index (χ2n) is 9.49. The Kier molecular flexibility index (Phi) is 8.86. The summed E-state index contributed by atoms with van der Waals surface area (Å²) in [5, 5.41) is 2.87. The van der Waals surface area contributed by atoms with Gasteiger partial charge in [-0.2, -0.15) is 0 Å². The number of hydrogen-bond donors (Lipinski definition) is 1. The second kappa shape index (κ2) is 12.5. The lowest BCUT2D eigenvalue weighted by atomic mass is 9.83. The largest absolute Gasteiger partial charge is 0.463 e. The van der Waals surface area contributed by atoms with E-state index in [9.17, 15) is 14.4 Å². The summed E-state index contributed by atoms with van der Waals surface area (Å²) in [6.07, 6.45) is 0.868. The van der Waals surface area contributed by atoms with Crippen molar-refractivity contribution in [3.8, 4) is 11.5 Å². The molecule has 0 aliphatic carbocycles. The van der Waals surface area contributed by atoms with E-state index in [-0.39, 0.29) is 43.2 Å². The summed E-state index contributed by atoms with van der Waals surface area (Å²) in [5.74, 6) is 0.467. The number of carbonyl (C=O) groups is 3. The molecule has 1 aromatic heterocycles. The van der Waals surface area contributed by atoms with Crippen LogP contribution in [0.4, 0.5) is 0 Å². The van der Waals surface area contributed by atoms with Crippen molar-refractivity contribution in [3.63, 3.8) is 0 Å². The van der Waals surface area contributed by atoms with E-state index in [0.29, 0.717) is 28.5 Å². The standard InChI is InChI=1S/C31H34N2O6/c1-5-20(3)32-30(35)27-16-15-25(39-27)19-33-21(4)29(31(36)37-6-2)26(18-28(33)34)22-11-10-14-24(17-22)38-23-12-8-7-9-13-23/h7-17,20,26H,5-6,18-19H2,1-4H3,(H,32,35). The van der Waals surface area contributed by atoms with Crippen molar-refractivity contribution in [2.24, 2.45) is 0 Å². The SMILES string of the molecule is CCOC(=O)C1=C(C)N(Cc2ccc(C(=O)NC(C)CC)o2)C(=O)CC1c1cccc(Oc2ccccc2)c1. The molecule has 1 aliphatic heterocycles. The van der Waals surface area contributed by atoms with Crippen LogP contribution in [0, 0.1) is 0 Å². The van der Waals surface area contributed by atoms with Crippen LogP contribution >= 0.6 is 0 Å². The van der Waals surface area contributed by atoms with E-state index in [4.69, 9.17) is 13.9 Å². The Morgan fingerprint density at radius 3 is 2.51 bits per heavy atom. The van der Waals surface area contributed by atoms with Gasteiger partial charge in [0.1, 0.15) is 17.3 Å². The van der Waals surface area contributed by atoms with Gasteiger partial charge in [-0.1, -0.05) is 37.3 Å². The van der Waals surface area contributed by atoms with Crippen molar-refractivity contribution in [3.05, 3.63) is 95.1 Å². The van der Waals surface area contributed by atoms with Crippen LogP contribution < -0.4 is 10.1 Å². The highest BCUT2D eigenvalue weighted by Crippen LogP contribution is 2.39. The van der Waals surface area contributed by atoms with Gasteiger partial charge in [-0.25, -0.2) is 4.79 Å². The first-order valence-corrected chi connectivity index (χ1v) is 13.2. The molecule has 0 saturated heterocycles. The zero-order valence-electron chi connectivity index (χ0n) is 22.7. The zero-order chi connectivity index (χ0) is 27.9. The third-order valence-electron chi connectivity index (χ3n) is 6.75. The number of ether oxygens (including phenoxy) is 2. The summed E-state index contributed by atoms with van der Waals surface area (Å²) in [6, 6.07) is 20.1. The summed E-state index contributed by atoms with van der Waals surface area (Å²) in [7, 11) is 0. The van der Waals surface area contributed by atoms with Gasteiger partial charge in [0.05, 0.1) is 18.7 Å². The van der Waals surface area contributed by atoms with Gasteiger partial charge in [0.15, 0.2) is 5.76 Å². The van der Waals surface area contributed by atoms with Crippen LogP contribution in [0.2, 0.25) is 0 Å². The van der Waals surface area contributed by atoms with Crippen LogP contribution in [-0.2, 0) is 20.9 Å². The summed E-state index contributed by atoms with van der Waals surface area (Å²) < 4.78 is 17.1. The molecule has 1 aliphatic rings. The summed E-state index contributed by atoms with van der Waals surface area (Å²) in [6.45, 7) is 7.68. The van der Waals surface area contributed by atoms with Crippen molar-refractivity contribution in [1.29, 1.82) is 0 Å². The minimum absolute atomic E-state index is 0.0144. The van der Waals surface area contributed by atoms with Gasteiger partial charge >= 0.3 is 5.97 Å². The van der Waals surface area contributed by atoms with Crippen LogP contribution in [-0.4, -0.2) is 35.3 Å². The van der Waals surface area contributed by atoms with Crippen molar-refractivity contribution in [2.45, 2.75) is 59.0 Å². The summed E-state index contributed by atoms with van der Waals surface area (Å²) >= 11 is 0. The molecule has 0 bridgehead atoms. The monoisotopic (exact) mass is 530 g/mol. The van der Waals surface area contributed by atoms with Gasteiger partial charge < -0.3 is 24.1 Å². The number of para-hydroxylation sites is 1. The predicted octanol–water partition coefficient (Wildman–Crippen LogP) is 5.95. The molecule has 2 aromatic carbocycles. The van der Waals surface area contributed by atoms with E-state index < -0.39 is 11.9 Å². The molecule has 1 N–H and O–H groups in total. The number of nitrogens with one attached hydrogen (secondary N) is 1. The lowest BCUT2D eigenvalue weighted by Gasteiger charge is -2.34. The molecule has 0 fully saturated rings. The highest BCUT2D eigenvalue weighted by atomic mass is 16.5. The molecular weight excluding hydrogens is 496 g/mol. The molecule has 0 saturated carbocycles. The van der Waals surface area contributed by atoms with Crippen LogP contribution in [0.5, 0.6) is 11.5 Å². The van der Waals surface area contributed by atoms with E-state index in [0.717, 1.165) is 12.0 Å². The van der Waals surface area contributed by atoms with E-state index in [1.54, 1.807) is 26.0 Å². The van der Waals surface area contributed by atoms with Gasteiger partial charge in [0.25, 0.3) is 5.91 Å². The number of benzene rings is 2. The molecule has 8 nitrogen and oxygen atoms in total. The molecule has 0 spiro atoms. The van der Waals surface area contributed by atoms with Gasteiger partial charge in [0, 0.05) is 24.1 Å². The number of allylic oxidation sites excluding steroid dienone is 1. The van der Waals surface area contributed by atoms with Crippen LogP contribution in [0.15, 0.2) is 82.4 Å². The highest BCUT2D eigenvalue weighted by Gasteiger charge is 2.37. The van der Waals surface area contributed by atoms with Gasteiger partial charge in [0.2, 0.25) is 5.91 Å². The molecule has 2 amide bonds. The quantitative estimate of drug-likeness (QED) is 0.325. The first kappa shape index (κ1) is 27.7. The predicted molar refractivity (Wildman–Crippen MR) is 146 cm³/mol. The Morgan fingerprint density at radius 2 is 1.79 bits per heavy atom. The fourth-order valence-electron chi connectivity index (χ4n) is 4.52. The Hall–Kier alpha value is -4.33. The van der Waals surface area contributed by atoms with E-state index >= 15 is 0 Å². The second-order valence-corrected chi connectivity index (χ2v) is 9.49. The van der Waals surface area contributed by atoms with Crippen molar-refractivity contribution < 1.29 is 28.3 Å². The number of furan rings is 1. The number of amides is 2. The number of nitrogens with zero attached hydrogens (tertiary/aromatic N) is 1. The maximum atomic E-state index is 13.4. The molecule has 2 atom stereocenters. The lowest BCUT2D eigenvalue weighted by molar-refractivity contribution is -0.140. The highest BCUT2D eigenvalue weighted by molar-refractivity contribution is 5.96. The zero-order valence-corrected chi connectivity index (χ0v) is 22.7. The number of carbonyl (C=O) groups excluding carboxylic acids is 3. The van der Waals surface area contributed by atoms with Gasteiger partial charge in [-0.15, -0.1) is 0 Å². The van der Waals surface area contributed by atoms with Crippen molar-refractivity contribution in [1.82, 2.24) is 10.2 Å². The third kappa shape index (κ3) is 6.57. The van der Waals surface area contributed by atoms with Gasteiger partial charge in [-0.3, -0.25) is 9.59 Å². The topological polar surface area (TPSA) is 98.1 Å². The Labute approximate surface area is 228 Å². The Morgan fingerprint density at radius 1 is 1.05 bits per heavy atom. The molecule has 4 rings (SSSR count). The van der Waals surface area contributed by atoms with Crippen molar-refractivity contribution in [2.75, 3.05) is 6.61 Å². The van der Waals surface area contributed by atoms with Crippen LogP contribution in [0.1, 0.15) is 68.3 Å². The normalized spacial score (nSPS) is 16.2. The Bertz CT molecular complexity index is 1360. The number of rotatable bonds is 10. The molecule has 8 heteroatoms. The number of esters is 1. The molecule has 2 heterocycles. The van der Waals surface area contributed by atoms with E-state index in [1.807, 2.05) is 68.4 Å². The first-order valence-electron chi connectivity index (χ1n) is 13.2. The van der Waals surface area contributed by atoms with Gasteiger partial charge in [-0.05, 0) is 69.2 Å². The maximum Gasteiger partial charge on any atom is 0.336 e. The molecule has 3 aromatic rings. The minimum Gasteiger partial charge on any atom is -0.463 e. The van der Waals surface area contributed by atoms with Crippen LogP contribution in [0.3, 0.4) is 0 Å². The fraction of sp³-hybridized carbons (Fsp3) is 0.323. The molecule has 2 unspecified atom stereocenters. The maximum absolute atomic E-state index is 13.4. The first-order chi connectivity index (χ1) is 18.8. The molecule has 204 valence electrons. The van der Waals surface area contributed by atoms with E-state index in [2.05, 4.69) is 5.32 Å². The smallest absolute Gasteiger partial charge is 0.336 e. The molecule has 39 heavy (non-hydrogen) atoms. The fourth-order valence-corrected chi connectivity index (χ4v) is 4.52. The molecular formula is C31H34N2O6. The average Bonchev–Trinajstić information content (AvgIpc) is 3.40. The number of hydrogen-bond acceptors (Lipinski definition) is 6. The molecule has 0 radical (unpaired) electrons. The lowest BCUT2D eigenvalue weighted by Crippen LogP contribution is -2.38. The minimum atomic E-state index is -0.499. The van der Waals surface area contributed by atoms with Crippen molar-refractivity contribution >= 4 is 17.8 Å². The van der Waals surface area contributed by atoms with Crippen LogP contribution in [0.25, 0.3) is 0 Å².